The van der Waals surface area contributed by atoms with Crippen molar-refractivity contribution in [1.29, 1.82) is 0 Å². The normalized spacial score (nSPS) is 11.5. The predicted molar refractivity (Wildman–Crippen MR) is 65.2 cm³/mol. The van der Waals surface area contributed by atoms with E-state index in [2.05, 4.69) is 22.9 Å². The SMILES string of the molecule is CCC(=Cc1ccc([N+](=O)[O-])cc1)CBr. The second-order valence-corrected chi connectivity index (χ2v) is 3.70. The molecule has 0 amide bonds. The average Bonchev–Trinajstić information content (AvgIpc) is 2.26. The fourth-order valence-electron chi connectivity index (χ4n) is 1.16. The molecule has 0 N–H and O–H groups in total. The molecule has 0 atom stereocenters. The van der Waals surface area contributed by atoms with E-state index in [9.17, 15) is 10.1 Å². The Morgan fingerprint density at radius 2 is 2.07 bits per heavy atom. The van der Waals surface area contributed by atoms with Crippen LogP contribution in [-0.4, -0.2) is 10.3 Å². The van der Waals surface area contributed by atoms with Gasteiger partial charge in [-0.2, -0.15) is 0 Å². The molecule has 80 valence electrons. The first kappa shape index (κ1) is 11.9. The summed E-state index contributed by atoms with van der Waals surface area (Å²) in [4.78, 5) is 10.0. The molecule has 0 heterocycles. The van der Waals surface area contributed by atoms with E-state index < -0.39 is 4.92 Å². The zero-order chi connectivity index (χ0) is 11.3. The van der Waals surface area contributed by atoms with E-state index in [-0.39, 0.29) is 5.69 Å². The number of non-ortho nitro benzene ring substituents is 1. The van der Waals surface area contributed by atoms with Gasteiger partial charge in [-0.1, -0.05) is 34.5 Å². The lowest BCUT2D eigenvalue weighted by Crippen LogP contribution is -1.87. The molecular formula is C11H12BrNO2. The highest BCUT2D eigenvalue weighted by atomic mass is 79.9. The van der Waals surface area contributed by atoms with E-state index in [0.29, 0.717) is 0 Å². The lowest BCUT2D eigenvalue weighted by molar-refractivity contribution is -0.384. The van der Waals surface area contributed by atoms with Crippen LogP contribution in [0.2, 0.25) is 0 Å². The summed E-state index contributed by atoms with van der Waals surface area (Å²) in [7, 11) is 0. The molecule has 0 aliphatic carbocycles. The van der Waals surface area contributed by atoms with E-state index in [1.54, 1.807) is 12.1 Å². The summed E-state index contributed by atoms with van der Waals surface area (Å²) < 4.78 is 0. The molecule has 3 nitrogen and oxygen atoms in total. The molecule has 0 aliphatic rings. The summed E-state index contributed by atoms with van der Waals surface area (Å²) in [5.74, 6) is 0. The minimum atomic E-state index is -0.390. The molecule has 4 heteroatoms. The molecule has 1 rings (SSSR count). The fraction of sp³-hybridized carbons (Fsp3) is 0.273. The third-order valence-electron chi connectivity index (χ3n) is 2.10. The van der Waals surface area contributed by atoms with Gasteiger partial charge in [0.25, 0.3) is 5.69 Å². The average molecular weight is 270 g/mol. The topological polar surface area (TPSA) is 43.1 Å². The van der Waals surface area contributed by atoms with E-state index in [1.807, 2.05) is 6.08 Å². The standard InChI is InChI=1S/C11H12BrNO2/c1-2-9(8-12)7-10-3-5-11(6-4-10)13(14)15/h3-7H,2,8H2,1H3. The zero-order valence-corrected chi connectivity index (χ0v) is 10.0. The molecule has 15 heavy (non-hydrogen) atoms. The van der Waals surface area contributed by atoms with Crippen molar-refractivity contribution in [2.75, 3.05) is 5.33 Å². The highest BCUT2D eigenvalue weighted by Crippen LogP contribution is 2.16. The smallest absolute Gasteiger partial charge is 0.258 e. The Bertz CT molecular complexity index is 365. The van der Waals surface area contributed by atoms with Gasteiger partial charge in [0, 0.05) is 17.5 Å². The molecule has 0 fully saturated rings. The molecule has 0 saturated heterocycles. The van der Waals surface area contributed by atoms with E-state index in [1.165, 1.54) is 17.7 Å². The Kier molecular flexibility index (Phi) is 4.49. The lowest BCUT2D eigenvalue weighted by Gasteiger charge is -1.99. The third-order valence-corrected chi connectivity index (χ3v) is 2.82. The quantitative estimate of drug-likeness (QED) is 0.474. The first-order valence-electron chi connectivity index (χ1n) is 4.67. The van der Waals surface area contributed by atoms with Gasteiger partial charge in [0.05, 0.1) is 4.92 Å². The van der Waals surface area contributed by atoms with Crippen LogP contribution in [0, 0.1) is 10.1 Å². The van der Waals surface area contributed by atoms with Gasteiger partial charge in [-0.3, -0.25) is 10.1 Å². The number of nitro benzene ring substituents is 1. The van der Waals surface area contributed by atoms with Gasteiger partial charge in [-0.15, -0.1) is 0 Å². The van der Waals surface area contributed by atoms with Gasteiger partial charge in [0.2, 0.25) is 0 Å². The Hall–Kier alpha value is -1.16. The van der Waals surface area contributed by atoms with Crippen molar-refractivity contribution in [2.24, 2.45) is 0 Å². The van der Waals surface area contributed by atoms with Crippen LogP contribution in [0.25, 0.3) is 6.08 Å². The highest BCUT2D eigenvalue weighted by molar-refractivity contribution is 9.09. The molecule has 0 radical (unpaired) electrons. The molecule has 0 aromatic heterocycles. The van der Waals surface area contributed by atoms with Gasteiger partial charge >= 0.3 is 0 Å². The van der Waals surface area contributed by atoms with Crippen molar-refractivity contribution in [3.63, 3.8) is 0 Å². The zero-order valence-electron chi connectivity index (χ0n) is 8.44. The summed E-state index contributed by atoms with van der Waals surface area (Å²) in [6.45, 7) is 2.08. The number of nitro groups is 1. The fourth-order valence-corrected chi connectivity index (χ4v) is 1.72. The maximum absolute atomic E-state index is 10.4. The number of halogens is 1. The van der Waals surface area contributed by atoms with Crippen LogP contribution >= 0.6 is 15.9 Å². The first-order valence-corrected chi connectivity index (χ1v) is 5.79. The van der Waals surface area contributed by atoms with Crippen LogP contribution < -0.4 is 0 Å². The molecule has 1 aromatic carbocycles. The number of allylic oxidation sites excluding steroid dienone is 1. The van der Waals surface area contributed by atoms with Crippen LogP contribution in [0.1, 0.15) is 18.9 Å². The summed E-state index contributed by atoms with van der Waals surface area (Å²) in [5, 5.41) is 11.3. The van der Waals surface area contributed by atoms with Crippen LogP contribution in [-0.2, 0) is 0 Å². The summed E-state index contributed by atoms with van der Waals surface area (Å²) in [6.07, 6.45) is 3.01. The van der Waals surface area contributed by atoms with Crippen molar-refractivity contribution in [2.45, 2.75) is 13.3 Å². The van der Waals surface area contributed by atoms with E-state index in [0.717, 1.165) is 17.3 Å². The van der Waals surface area contributed by atoms with Crippen LogP contribution in [0.5, 0.6) is 0 Å². The summed E-state index contributed by atoms with van der Waals surface area (Å²) in [5.41, 5.74) is 2.39. The Morgan fingerprint density at radius 3 is 2.47 bits per heavy atom. The van der Waals surface area contributed by atoms with Crippen molar-refractivity contribution < 1.29 is 4.92 Å². The summed E-state index contributed by atoms with van der Waals surface area (Å²) >= 11 is 3.39. The van der Waals surface area contributed by atoms with E-state index >= 15 is 0 Å². The maximum atomic E-state index is 10.4. The molecule has 0 bridgehead atoms. The number of hydrogen-bond acceptors (Lipinski definition) is 2. The minimum Gasteiger partial charge on any atom is -0.258 e. The second kappa shape index (κ2) is 5.66. The van der Waals surface area contributed by atoms with Gasteiger partial charge in [0.1, 0.15) is 0 Å². The van der Waals surface area contributed by atoms with Crippen LogP contribution in [0.15, 0.2) is 29.8 Å². The second-order valence-electron chi connectivity index (χ2n) is 3.14. The van der Waals surface area contributed by atoms with Crippen LogP contribution in [0.4, 0.5) is 5.69 Å². The van der Waals surface area contributed by atoms with Gasteiger partial charge in [-0.25, -0.2) is 0 Å². The first-order chi connectivity index (χ1) is 7.17. The number of nitrogens with zero attached hydrogens (tertiary/aromatic N) is 1. The van der Waals surface area contributed by atoms with Crippen molar-refractivity contribution in [1.82, 2.24) is 0 Å². The third kappa shape index (κ3) is 3.47. The van der Waals surface area contributed by atoms with Crippen molar-refractivity contribution >= 4 is 27.7 Å². The molecule has 1 aromatic rings. The molecular weight excluding hydrogens is 258 g/mol. The van der Waals surface area contributed by atoms with Crippen molar-refractivity contribution in [3.05, 3.63) is 45.5 Å². The molecule has 0 saturated carbocycles. The predicted octanol–water partition coefficient (Wildman–Crippen LogP) is 3.78. The monoisotopic (exact) mass is 269 g/mol. The number of hydrogen-bond donors (Lipinski definition) is 0. The molecule has 0 spiro atoms. The number of alkyl halides is 1. The Morgan fingerprint density at radius 1 is 1.47 bits per heavy atom. The lowest BCUT2D eigenvalue weighted by atomic mass is 10.1. The van der Waals surface area contributed by atoms with Gasteiger partial charge in [0.15, 0.2) is 0 Å². The van der Waals surface area contributed by atoms with Crippen LogP contribution in [0.3, 0.4) is 0 Å². The minimum absolute atomic E-state index is 0.129. The number of benzene rings is 1. The Labute approximate surface area is 97.1 Å². The largest absolute Gasteiger partial charge is 0.269 e. The maximum Gasteiger partial charge on any atom is 0.269 e. The van der Waals surface area contributed by atoms with Gasteiger partial charge in [-0.05, 0) is 24.1 Å². The molecule has 0 aliphatic heterocycles. The molecule has 0 unspecified atom stereocenters. The highest BCUT2D eigenvalue weighted by Gasteiger charge is 2.02. The van der Waals surface area contributed by atoms with Crippen molar-refractivity contribution in [3.8, 4) is 0 Å². The van der Waals surface area contributed by atoms with Gasteiger partial charge < -0.3 is 0 Å². The number of rotatable bonds is 4. The Balaban J connectivity index is 2.89. The summed E-state index contributed by atoms with van der Waals surface area (Å²) in [6, 6.07) is 6.56. The van der Waals surface area contributed by atoms with E-state index in [4.69, 9.17) is 0 Å².